The molecule has 1 fully saturated rings. The first kappa shape index (κ1) is 23.4. The van der Waals surface area contributed by atoms with Crippen molar-refractivity contribution in [1.29, 1.82) is 0 Å². The van der Waals surface area contributed by atoms with Crippen molar-refractivity contribution in [3.63, 3.8) is 0 Å². The van der Waals surface area contributed by atoms with Crippen LogP contribution in [0.5, 0.6) is 5.75 Å². The average Bonchev–Trinajstić information content (AvgIpc) is 3.26. The lowest BCUT2D eigenvalue weighted by molar-refractivity contribution is -0.118. The third-order valence-corrected chi connectivity index (χ3v) is 5.46. The molecular weight excluding hydrogens is 402 g/mol. The maximum Gasteiger partial charge on any atom is 0.226 e. The molecule has 3 rings (SSSR count). The van der Waals surface area contributed by atoms with Crippen molar-refractivity contribution in [2.75, 3.05) is 37.0 Å². The molecule has 2 aromatic carbocycles. The number of aliphatic imine (C=N–C) groups is 1. The predicted molar refractivity (Wildman–Crippen MR) is 131 cm³/mol. The minimum atomic E-state index is -0.0393. The largest absolute Gasteiger partial charge is 0.495 e. The second-order valence-electron chi connectivity index (χ2n) is 8.28. The fourth-order valence-electron chi connectivity index (χ4n) is 3.65. The highest BCUT2D eigenvalue weighted by Crippen LogP contribution is 2.30. The van der Waals surface area contributed by atoms with Gasteiger partial charge in [-0.25, -0.2) is 4.99 Å². The molecule has 0 aromatic heterocycles. The summed E-state index contributed by atoms with van der Waals surface area (Å²) in [4.78, 5) is 19.0. The van der Waals surface area contributed by atoms with Gasteiger partial charge in [0.1, 0.15) is 5.75 Å². The Hall–Kier alpha value is -3.22. The number of methoxy groups -OCH3 is 1. The molecule has 1 atom stereocenters. The fraction of sp³-hybridized carbons (Fsp3) is 0.440. The van der Waals surface area contributed by atoms with Gasteiger partial charge in [0.15, 0.2) is 5.96 Å². The predicted octanol–water partition coefficient (Wildman–Crippen LogP) is 3.62. The van der Waals surface area contributed by atoms with Crippen molar-refractivity contribution in [3.05, 3.63) is 54.1 Å². The number of para-hydroxylation sites is 2. The summed E-state index contributed by atoms with van der Waals surface area (Å²) in [7, 11) is 1.71. The van der Waals surface area contributed by atoms with Crippen molar-refractivity contribution in [2.24, 2.45) is 10.9 Å². The van der Waals surface area contributed by atoms with E-state index in [0.717, 1.165) is 54.7 Å². The van der Waals surface area contributed by atoms with E-state index in [0.29, 0.717) is 12.6 Å². The van der Waals surface area contributed by atoms with Gasteiger partial charge in [0.2, 0.25) is 5.91 Å². The molecule has 1 aliphatic rings. The van der Waals surface area contributed by atoms with E-state index < -0.39 is 0 Å². The van der Waals surface area contributed by atoms with Crippen LogP contribution in [0, 0.1) is 5.92 Å². The monoisotopic (exact) mass is 437 g/mol. The Labute approximate surface area is 191 Å². The number of benzene rings is 2. The summed E-state index contributed by atoms with van der Waals surface area (Å²) >= 11 is 0. The van der Waals surface area contributed by atoms with E-state index in [1.54, 1.807) is 7.11 Å². The molecule has 3 N–H and O–H groups in total. The maximum atomic E-state index is 11.8. The Morgan fingerprint density at radius 1 is 1.19 bits per heavy atom. The van der Waals surface area contributed by atoms with Crippen LogP contribution in [0.3, 0.4) is 0 Å². The highest BCUT2D eigenvalue weighted by Gasteiger charge is 2.25. The lowest BCUT2D eigenvalue weighted by Crippen LogP contribution is -2.44. The van der Waals surface area contributed by atoms with E-state index >= 15 is 0 Å². The number of hydrogen-bond acceptors (Lipinski definition) is 4. The van der Waals surface area contributed by atoms with Gasteiger partial charge in [0, 0.05) is 37.3 Å². The van der Waals surface area contributed by atoms with Gasteiger partial charge in [-0.2, -0.15) is 0 Å². The van der Waals surface area contributed by atoms with Crippen molar-refractivity contribution < 1.29 is 9.53 Å². The summed E-state index contributed by atoms with van der Waals surface area (Å²) < 4.78 is 5.52. The van der Waals surface area contributed by atoms with E-state index in [4.69, 9.17) is 9.73 Å². The summed E-state index contributed by atoms with van der Waals surface area (Å²) in [6, 6.07) is 16.3. The topological polar surface area (TPSA) is 78.0 Å². The summed E-state index contributed by atoms with van der Waals surface area (Å²) in [5.74, 6) is 1.70. The number of carbonyl (C=O) groups excluding carboxylic acids is 1. The first-order valence-electron chi connectivity index (χ1n) is 11.3. The number of hydrogen-bond donors (Lipinski definition) is 3. The fourth-order valence-corrected chi connectivity index (χ4v) is 3.65. The van der Waals surface area contributed by atoms with Crippen LogP contribution < -0.4 is 25.6 Å². The van der Waals surface area contributed by atoms with Gasteiger partial charge < -0.3 is 25.6 Å². The molecule has 0 saturated carbocycles. The number of anilines is 2. The highest BCUT2D eigenvalue weighted by molar-refractivity contribution is 5.92. The Morgan fingerprint density at radius 2 is 1.94 bits per heavy atom. The number of guanidine groups is 1. The van der Waals surface area contributed by atoms with Crippen molar-refractivity contribution in [2.45, 2.75) is 39.8 Å². The third-order valence-electron chi connectivity index (χ3n) is 5.46. The molecule has 1 aliphatic heterocycles. The zero-order valence-electron chi connectivity index (χ0n) is 19.5. The number of nitrogens with zero attached hydrogens (tertiary/aromatic N) is 2. The van der Waals surface area contributed by atoms with E-state index in [2.05, 4.69) is 33.8 Å². The molecule has 0 radical (unpaired) electrons. The summed E-state index contributed by atoms with van der Waals surface area (Å²) in [5.41, 5.74) is 3.03. The van der Waals surface area contributed by atoms with Gasteiger partial charge in [-0.1, -0.05) is 38.1 Å². The van der Waals surface area contributed by atoms with Crippen molar-refractivity contribution in [3.8, 4) is 5.75 Å². The second-order valence-corrected chi connectivity index (χ2v) is 8.28. The van der Waals surface area contributed by atoms with E-state index in [-0.39, 0.29) is 11.8 Å². The molecule has 0 bridgehead atoms. The van der Waals surface area contributed by atoms with Crippen LogP contribution in [-0.4, -0.2) is 44.7 Å². The molecule has 0 aliphatic carbocycles. The Bertz CT molecular complexity index is 911. The summed E-state index contributed by atoms with van der Waals surface area (Å²) in [6.45, 7) is 9.07. The molecule has 1 unspecified atom stereocenters. The minimum absolute atomic E-state index is 0.0214. The van der Waals surface area contributed by atoms with Gasteiger partial charge in [0.25, 0.3) is 0 Å². The molecule has 7 heteroatoms. The Kier molecular flexibility index (Phi) is 8.36. The van der Waals surface area contributed by atoms with Crippen LogP contribution in [0.2, 0.25) is 0 Å². The lowest BCUT2D eigenvalue weighted by atomic mass is 10.1. The highest BCUT2D eigenvalue weighted by atomic mass is 16.5. The van der Waals surface area contributed by atoms with Crippen LogP contribution >= 0.6 is 0 Å². The van der Waals surface area contributed by atoms with Crippen LogP contribution in [-0.2, 0) is 11.3 Å². The zero-order chi connectivity index (χ0) is 22.9. The smallest absolute Gasteiger partial charge is 0.226 e. The van der Waals surface area contributed by atoms with Crippen LogP contribution in [0.4, 0.5) is 11.4 Å². The number of nitrogens with one attached hydrogen (secondary N) is 3. The van der Waals surface area contributed by atoms with E-state index in [1.807, 2.05) is 56.3 Å². The summed E-state index contributed by atoms with van der Waals surface area (Å²) in [6.07, 6.45) is 1.03. The van der Waals surface area contributed by atoms with Crippen LogP contribution in [0.15, 0.2) is 53.5 Å². The number of amides is 1. The molecule has 2 aromatic rings. The van der Waals surface area contributed by atoms with Crippen molar-refractivity contribution in [1.82, 2.24) is 10.6 Å². The average molecular weight is 438 g/mol. The van der Waals surface area contributed by atoms with Crippen molar-refractivity contribution >= 4 is 23.2 Å². The second kappa shape index (κ2) is 11.4. The standard InChI is InChI=1S/C25H35N5O2/c1-5-26-25(27-16-19-10-12-20(13-11-19)28-24(31)18(2)3)29-21-14-15-30(17-21)22-8-6-7-9-23(22)32-4/h6-13,18,21H,5,14-17H2,1-4H3,(H,28,31)(H2,26,27,29). The molecule has 1 amide bonds. The minimum Gasteiger partial charge on any atom is -0.495 e. The van der Waals surface area contributed by atoms with Crippen LogP contribution in [0.25, 0.3) is 0 Å². The maximum absolute atomic E-state index is 11.8. The molecule has 1 heterocycles. The SMILES string of the molecule is CCNC(=NCc1ccc(NC(=O)C(C)C)cc1)NC1CCN(c2ccccc2OC)C1. The van der Waals surface area contributed by atoms with E-state index in [1.165, 1.54) is 0 Å². The lowest BCUT2D eigenvalue weighted by Gasteiger charge is -2.22. The Balaban J connectivity index is 1.58. The first-order chi connectivity index (χ1) is 15.5. The molecule has 0 spiro atoms. The van der Waals surface area contributed by atoms with Crippen LogP contribution in [0.1, 0.15) is 32.8 Å². The molecular formula is C25H35N5O2. The van der Waals surface area contributed by atoms with Gasteiger partial charge in [0.05, 0.1) is 19.3 Å². The normalized spacial score (nSPS) is 16.2. The van der Waals surface area contributed by atoms with Gasteiger partial charge in [-0.3, -0.25) is 4.79 Å². The summed E-state index contributed by atoms with van der Waals surface area (Å²) in [5, 5.41) is 9.83. The molecule has 172 valence electrons. The van der Waals surface area contributed by atoms with Gasteiger partial charge >= 0.3 is 0 Å². The molecule has 1 saturated heterocycles. The van der Waals surface area contributed by atoms with Gasteiger partial charge in [-0.15, -0.1) is 0 Å². The first-order valence-corrected chi connectivity index (χ1v) is 11.3. The molecule has 32 heavy (non-hydrogen) atoms. The quantitative estimate of drug-likeness (QED) is 0.434. The number of rotatable bonds is 8. The number of carbonyl (C=O) groups is 1. The third kappa shape index (κ3) is 6.39. The van der Waals surface area contributed by atoms with Gasteiger partial charge in [-0.05, 0) is 43.2 Å². The molecule has 7 nitrogen and oxygen atoms in total. The zero-order valence-corrected chi connectivity index (χ0v) is 19.5. The number of ether oxygens (including phenoxy) is 1. The van der Waals surface area contributed by atoms with E-state index in [9.17, 15) is 4.79 Å². The Morgan fingerprint density at radius 3 is 2.62 bits per heavy atom.